The van der Waals surface area contributed by atoms with Gasteiger partial charge in [-0.25, -0.2) is 4.98 Å². The summed E-state index contributed by atoms with van der Waals surface area (Å²) in [5, 5.41) is 2.59. The fourth-order valence-electron chi connectivity index (χ4n) is 3.18. The molecule has 1 saturated heterocycles. The second kappa shape index (κ2) is 9.46. The second-order valence-electron chi connectivity index (χ2n) is 6.65. The van der Waals surface area contributed by atoms with Gasteiger partial charge in [0.1, 0.15) is 6.54 Å². The quantitative estimate of drug-likeness (QED) is 0.705. The summed E-state index contributed by atoms with van der Waals surface area (Å²) in [4.78, 5) is 33.2. The Morgan fingerprint density at radius 3 is 2.78 bits per heavy atom. The Morgan fingerprint density at radius 2 is 2.00 bits per heavy atom. The molecule has 0 spiro atoms. The average molecular weight is 384 g/mol. The SMILES string of the molecule is C=CCN(C(=O)CN1CCCCCCC1=O)c1nc(-c2ccccc2)cs1. The summed E-state index contributed by atoms with van der Waals surface area (Å²) in [6.07, 6.45) is 6.29. The molecule has 0 atom stereocenters. The smallest absolute Gasteiger partial charge is 0.248 e. The van der Waals surface area contributed by atoms with E-state index in [9.17, 15) is 9.59 Å². The van der Waals surface area contributed by atoms with Gasteiger partial charge >= 0.3 is 0 Å². The van der Waals surface area contributed by atoms with Crippen LogP contribution in [-0.2, 0) is 9.59 Å². The van der Waals surface area contributed by atoms with Crippen LogP contribution in [0.25, 0.3) is 11.3 Å². The van der Waals surface area contributed by atoms with Crippen molar-refractivity contribution in [3.8, 4) is 11.3 Å². The van der Waals surface area contributed by atoms with E-state index < -0.39 is 0 Å². The highest BCUT2D eigenvalue weighted by atomic mass is 32.1. The number of carbonyl (C=O) groups is 2. The van der Waals surface area contributed by atoms with Crippen molar-refractivity contribution < 1.29 is 9.59 Å². The van der Waals surface area contributed by atoms with E-state index >= 15 is 0 Å². The summed E-state index contributed by atoms with van der Waals surface area (Å²) in [6.45, 7) is 4.90. The van der Waals surface area contributed by atoms with Crippen molar-refractivity contribution in [2.75, 3.05) is 24.5 Å². The molecule has 1 aromatic heterocycles. The molecule has 27 heavy (non-hydrogen) atoms. The van der Waals surface area contributed by atoms with Crippen molar-refractivity contribution in [3.63, 3.8) is 0 Å². The van der Waals surface area contributed by atoms with Crippen LogP contribution < -0.4 is 4.90 Å². The van der Waals surface area contributed by atoms with E-state index in [1.807, 2.05) is 35.7 Å². The molecule has 0 saturated carbocycles. The maximum absolute atomic E-state index is 12.9. The highest BCUT2D eigenvalue weighted by Crippen LogP contribution is 2.27. The number of carbonyl (C=O) groups excluding carboxylic acids is 2. The minimum Gasteiger partial charge on any atom is -0.333 e. The summed E-state index contributed by atoms with van der Waals surface area (Å²) >= 11 is 1.43. The van der Waals surface area contributed by atoms with Crippen molar-refractivity contribution in [1.29, 1.82) is 0 Å². The van der Waals surface area contributed by atoms with Crippen molar-refractivity contribution in [2.24, 2.45) is 0 Å². The zero-order chi connectivity index (χ0) is 19.1. The molecule has 5 nitrogen and oxygen atoms in total. The van der Waals surface area contributed by atoms with Crippen LogP contribution in [0.3, 0.4) is 0 Å². The second-order valence-corrected chi connectivity index (χ2v) is 7.49. The van der Waals surface area contributed by atoms with Crippen molar-refractivity contribution in [2.45, 2.75) is 32.1 Å². The number of amides is 2. The lowest BCUT2D eigenvalue weighted by Crippen LogP contribution is -2.43. The number of aromatic nitrogens is 1. The van der Waals surface area contributed by atoms with Crippen LogP contribution >= 0.6 is 11.3 Å². The molecule has 2 amide bonds. The van der Waals surface area contributed by atoms with Crippen LogP contribution in [0.1, 0.15) is 32.1 Å². The summed E-state index contributed by atoms with van der Waals surface area (Å²) in [6, 6.07) is 9.89. The zero-order valence-corrected chi connectivity index (χ0v) is 16.3. The van der Waals surface area contributed by atoms with Crippen LogP contribution in [0.4, 0.5) is 5.13 Å². The number of thiazole rings is 1. The Hall–Kier alpha value is -2.47. The van der Waals surface area contributed by atoms with E-state index in [1.165, 1.54) is 11.3 Å². The van der Waals surface area contributed by atoms with Crippen LogP contribution in [0.5, 0.6) is 0 Å². The van der Waals surface area contributed by atoms with Gasteiger partial charge in [0.25, 0.3) is 0 Å². The molecule has 1 fully saturated rings. The van der Waals surface area contributed by atoms with E-state index in [0.717, 1.165) is 36.9 Å². The number of benzene rings is 1. The van der Waals surface area contributed by atoms with Crippen molar-refractivity contribution in [3.05, 3.63) is 48.4 Å². The molecule has 0 bridgehead atoms. The Balaban J connectivity index is 1.74. The fourth-order valence-corrected chi connectivity index (χ4v) is 4.04. The van der Waals surface area contributed by atoms with Gasteiger partial charge in [0.05, 0.1) is 5.69 Å². The lowest BCUT2D eigenvalue weighted by molar-refractivity contribution is -0.135. The van der Waals surface area contributed by atoms with Crippen LogP contribution in [-0.4, -0.2) is 41.3 Å². The number of hydrogen-bond acceptors (Lipinski definition) is 4. The third-order valence-corrected chi connectivity index (χ3v) is 5.52. The van der Waals surface area contributed by atoms with E-state index in [1.54, 1.807) is 15.9 Å². The van der Waals surface area contributed by atoms with Crippen molar-refractivity contribution in [1.82, 2.24) is 9.88 Å². The van der Waals surface area contributed by atoms with Gasteiger partial charge in [-0.15, -0.1) is 17.9 Å². The highest BCUT2D eigenvalue weighted by Gasteiger charge is 2.24. The topological polar surface area (TPSA) is 53.5 Å². The Labute approximate surface area is 164 Å². The molecule has 6 heteroatoms. The number of rotatable bonds is 6. The molecule has 0 N–H and O–H groups in total. The summed E-state index contributed by atoms with van der Waals surface area (Å²) in [7, 11) is 0. The molecular formula is C21H25N3O2S. The van der Waals surface area contributed by atoms with Crippen molar-refractivity contribution >= 4 is 28.3 Å². The predicted octanol–water partition coefficient (Wildman–Crippen LogP) is 4.12. The largest absolute Gasteiger partial charge is 0.333 e. The fraction of sp³-hybridized carbons (Fsp3) is 0.381. The Morgan fingerprint density at radius 1 is 1.22 bits per heavy atom. The lowest BCUT2D eigenvalue weighted by Gasteiger charge is -2.27. The highest BCUT2D eigenvalue weighted by molar-refractivity contribution is 7.14. The zero-order valence-electron chi connectivity index (χ0n) is 15.5. The Kier molecular flexibility index (Phi) is 6.76. The molecule has 1 aliphatic heterocycles. The van der Waals surface area contributed by atoms with E-state index in [0.29, 0.717) is 24.6 Å². The molecular weight excluding hydrogens is 358 g/mol. The molecule has 142 valence electrons. The first-order valence-corrected chi connectivity index (χ1v) is 10.3. The van der Waals surface area contributed by atoms with Gasteiger partial charge in [-0.3, -0.25) is 14.5 Å². The van der Waals surface area contributed by atoms with E-state index in [-0.39, 0.29) is 18.4 Å². The average Bonchev–Trinajstić information content (AvgIpc) is 3.16. The molecule has 0 aliphatic carbocycles. The molecule has 2 aromatic rings. The minimum absolute atomic E-state index is 0.0747. The van der Waals surface area contributed by atoms with Crippen LogP contribution in [0.2, 0.25) is 0 Å². The normalized spacial score (nSPS) is 15.1. The third-order valence-electron chi connectivity index (χ3n) is 4.65. The van der Waals surface area contributed by atoms with Gasteiger partial charge in [0.2, 0.25) is 11.8 Å². The first-order valence-electron chi connectivity index (χ1n) is 9.39. The monoisotopic (exact) mass is 383 g/mol. The molecule has 3 rings (SSSR count). The van der Waals surface area contributed by atoms with Gasteiger partial charge in [0, 0.05) is 30.5 Å². The number of nitrogens with zero attached hydrogens (tertiary/aromatic N) is 3. The van der Waals surface area contributed by atoms with Crippen LogP contribution in [0, 0.1) is 0 Å². The first-order chi connectivity index (χ1) is 13.2. The number of anilines is 1. The Bertz CT molecular complexity index is 788. The molecule has 2 heterocycles. The van der Waals surface area contributed by atoms with E-state index in [4.69, 9.17) is 0 Å². The molecule has 0 radical (unpaired) electrons. The molecule has 0 unspecified atom stereocenters. The summed E-state index contributed by atoms with van der Waals surface area (Å²) < 4.78 is 0. The van der Waals surface area contributed by atoms with E-state index in [2.05, 4.69) is 11.6 Å². The minimum atomic E-state index is -0.113. The first kappa shape index (κ1) is 19.3. The van der Waals surface area contributed by atoms with Gasteiger partial charge < -0.3 is 4.90 Å². The van der Waals surface area contributed by atoms with Gasteiger partial charge in [-0.1, -0.05) is 49.2 Å². The molecule has 1 aliphatic rings. The lowest BCUT2D eigenvalue weighted by atomic mass is 10.1. The number of hydrogen-bond donors (Lipinski definition) is 0. The van der Waals surface area contributed by atoms with Gasteiger partial charge in [-0.2, -0.15) is 0 Å². The summed E-state index contributed by atoms with van der Waals surface area (Å²) in [5.74, 6) is -0.0384. The summed E-state index contributed by atoms with van der Waals surface area (Å²) in [5.41, 5.74) is 1.87. The third kappa shape index (κ3) is 5.04. The van der Waals surface area contributed by atoms with Gasteiger partial charge in [0.15, 0.2) is 5.13 Å². The number of likely N-dealkylation sites (tertiary alicyclic amines) is 1. The maximum Gasteiger partial charge on any atom is 0.248 e. The maximum atomic E-state index is 12.9. The van der Waals surface area contributed by atoms with Gasteiger partial charge in [-0.05, 0) is 12.8 Å². The predicted molar refractivity (Wildman–Crippen MR) is 110 cm³/mol. The standard InChI is InChI=1S/C21H25N3O2S/c1-2-13-24(20(26)15-23-14-9-4-3-8-12-19(23)25)21-22-18(16-27-21)17-10-6-5-7-11-17/h2,5-7,10-11,16H,1,3-4,8-9,12-15H2. The van der Waals surface area contributed by atoms with Crippen LogP contribution in [0.15, 0.2) is 48.4 Å². The molecule has 1 aromatic carbocycles.